The molecule has 0 aliphatic rings. The summed E-state index contributed by atoms with van der Waals surface area (Å²) in [6.45, 7) is 1.96. The Balaban J connectivity index is 2.83. The molecule has 0 saturated heterocycles. The third-order valence-corrected chi connectivity index (χ3v) is 2.62. The molecule has 0 aliphatic heterocycles. The molecule has 0 bridgehead atoms. The van der Waals surface area contributed by atoms with Gasteiger partial charge in [-0.3, -0.25) is 14.9 Å². The Labute approximate surface area is 109 Å². The van der Waals surface area contributed by atoms with Crippen LogP contribution >= 0.6 is 0 Å². The molecule has 7 heteroatoms. The third-order valence-electron chi connectivity index (χ3n) is 2.62. The van der Waals surface area contributed by atoms with E-state index in [9.17, 15) is 19.3 Å². The molecule has 0 aliphatic carbocycles. The second-order valence-electron chi connectivity index (χ2n) is 4.16. The maximum Gasteiger partial charge on any atom is 0.292 e. The Bertz CT molecular complexity index is 479. The quantitative estimate of drug-likeness (QED) is 0.610. The molecule has 6 nitrogen and oxygen atoms in total. The predicted molar refractivity (Wildman–Crippen MR) is 69.2 cm³/mol. The Morgan fingerprint density at radius 2 is 2.26 bits per heavy atom. The fraction of sp³-hybridized carbons (Fsp3) is 0.417. The van der Waals surface area contributed by atoms with Gasteiger partial charge in [0, 0.05) is 12.1 Å². The van der Waals surface area contributed by atoms with Gasteiger partial charge in [-0.1, -0.05) is 19.8 Å². The summed E-state index contributed by atoms with van der Waals surface area (Å²) < 4.78 is 13.1. The highest BCUT2D eigenvalue weighted by Crippen LogP contribution is 2.25. The molecule has 0 heterocycles. The van der Waals surface area contributed by atoms with Crippen LogP contribution in [0.25, 0.3) is 0 Å². The Morgan fingerprint density at radius 1 is 1.58 bits per heavy atom. The van der Waals surface area contributed by atoms with Crippen molar-refractivity contribution in [2.45, 2.75) is 32.2 Å². The van der Waals surface area contributed by atoms with E-state index in [0.29, 0.717) is 6.42 Å². The zero-order chi connectivity index (χ0) is 14.4. The number of benzene rings is 1. The molecule has 104 valence electrons. The molecule has 0 spiro atoms. The van der Waals surface area contributed by atoms with E-state index in [4.69, 9.17) is 5.73 Å². The number of nitro benzene ring substituents is 1. The predicted octanol–water partition coefficient (Wildman–Crippen LogP) is 2.19. The zero-order valence-corrected chi connectivity index (χ0v) is 10.6. The van der Waals surface area contributed by atoms with E-state index in [0.717, 1.165) is 31.0 Å². The van der Waals surface area contributed by atoms with Crippen molar-refractivity contribution in [1.29, 1.82) is 0 Å². The van der Waals surface area contributed by atoms with Gasteiger partial charge in [0.25, 0.3) is 5.69 Å². The summed E-state index contributed by atoms with van der Waals surface area (Å²) in [4.78, 5) is 21.8. The minimum Gasteiger partial charge on any atom is -0.320 e. The number of nitrogens with two attached hydrogens (primary N) is 1. The molecular formula is C12H16FN3O3. The summed E-state index contributed by atoms with van der Waals surface area (Å²) in [6.07, 6.45) is 2.15. The molecule has 3 N–H and O–H groups in total. The van der Waals surface area contributed by atoms with E-state index in [-0.39, 0.29) is 11.4 Å². The average molecular weight is 269 g/mol. The van der Waals surface area contributed by atoms with Crippen LogP contribution in [0, 0.1) is 15.9 Å². The van der Waals surface area contributed by atoms with Gasteiger partial charge in [0.05, 0.1) is 11.0 Å². The average Bonchev–Trinajstić information content (AvgIpc) is 2.35. The number of unbranched alkanes of at least 4 members (excludes halogenated alkanes) is 1. The number of hydrogen-bond donors (Lipinski definition) is 2. The van der Waals surface area contributed by atoms with Gasteiger partial charge in [-0.25, -0.2) is 4.39 Å². The molecule has 19 heavy (non-hydrogen) atoms. The number of nitro groups is 1. The van der Waals surface area contributed by atoms with E-state index in [1.165, 1.54) is 0 Å². The molecular weight excluding hydrogens is 253 g/mol. The van der Waals surface area contributed by atoms with Crippen LogP contribution in [0.5, 0.6) is 0 Å². The molecule has 1 atom stereocenters. The maximum absolute atomic E-state index is 13.1. The second-order valence-corrected chi connectivity index (χ2v) is 4.16. The van der Waals surface area contributed by atoms with E-state index < -0.39 is 22.7 Å². The van der Waals surface area contributed by atoms with Crippen molar-refractivity contribution in [2.75, 3.05) is 5.32 Å². The molecule has 0 fully saturated rings. The number of carbonyl (C=O) groups is 1. The molecule has 0 radical (unpaired) electrons. The van der Waals surface area contributed by atoms with Crippen LogP contribution in [0.2, 0.25) is 0 Å². The summed E-state index contributed by atoms with van der Waals surface area (Å²) in [7, 11) is 0. The van der Waals surface area contributed by atoms with E-state index in [2.05, 4.69) is 5.32 Å². The number of anilines is 1. The Kier molecular flexibility index (Phi) is 5.37. The summed E-state index contributed by atoms with van der Waals surface area (Å²) in [5.41, 5.74) is 5.10. The van der Waals surface area contributed by atoms with Crippen LogP contribution in [0.15, 0.2) is 18.2 Å². The van der Waals surface area contributed by atoms with E-state index >= 15 is 0 Å². The highest BCUT2D eigenvalue weighted by atomic mass is 19.1. The smallest absolute Gasteiger partial charge is 0.292 e. The highest BCUT2D eigenvalue weighted by Gasteiger charge is 2.19. The zero-order valence-electron chi connectivity index (χ0n) is 10.6. The molecule has 1 aromatic rings. The Hall–Kier alpha value is -2.02. The highest BCUT2D eigenvalue weighted by molar-refractivity contribution is 5.96. The summed E-state index contributed by atoms with van der Waals surface area (Å²) in [5.74, 6) is -1.22. The standard InChI is InChI=1S/C12H16FN3O3/c1-2-3-4-9(14)12(17)15-10-7-8(13)5-6-11(10)16(18)19/h5-7,9H,2-4,14H2,1H3,(H,15,17)/t9-/m0/s1. The number of nitrogens with zero attached hydrogens (tertiary/aromatic N) is 1. The number of hydrogen-bond acceptors (Lipinski definition) is 4. The van der Waals surface area contributed by atoms with Crippen molar-refractivity contribution < 1.29 is 14.1 Å². The Morgan fingerprint density at radius 3 is 2.84 bits per heavy atom. The maximum atomic E-state index is 13.1. The second kappa shape index (κ2) is 6.79. The largest absolute Gasteiger partial charge is 0.320 e. The van der Waals surface area contributed by atoms with Crippen molar-refractivity contribution in [1.82, 2.24) is 0 Å². The lowest BCUT2D eigenvalue weighted by atomic mass is 10.1. The SMILES string of the molecule is CCCC[C@H](N)C(=O)Nc1cc(F)ccc1[N+](=O)[O-]. The van der Waals surface area contributed by atoms with Gasteiger partial charge >= 0.3 is 0 Å². The third kappa shape index (κ3) is 4.29. The van der Waals surface area contributed by atoms with Crippen molar-refractivity contribution in [3.8, 4) is 0 Å². The van der Waals surface area contributed by atoms with Crippen molar-refractivity contribution in [2.24, 2.45) is 5.73 Å². The van der Waals surface area contributed by atoms with Crippen molar-refractivity contribution in [3.63, 3.8) is 0 Å². The first-order chi connectivity index (χ1) is 8.95. The first-order valence-corrected chi connectivity index (χ1v) is 5.96. The summed E-state index contributed by atoms with van der Waals surface area (Å²) in [5, 5.41) is 13.1. The van der Waals surface area contributed by atoms with E-state index in [1.807, 2.05) is 6.92 Å². The van der Waals surface area contributed by atoms with Gasteiger partial charge in [-0.2, -0.15) is 0 Å². The van der Waals surface area contributed by atoms with E-state index in [1.54, 1.807) is 0 Å². The summed E-state index contributed by atoms with van der Waals surface area (Å²) >= 11 is 0. The van der Waals surface area contributed by atoms with Gasteiger partial charge < -0.3 is 11.1 Å². The number of rotatable bonds is 6. The minimum atomic E-state index is -0.761. The molecule has 0 unspecified atom stereocenters. The van der Waals surface area contributed by atoms with Crippen molar-refractivity contribution in [3.05, 3.63) is 34.1 Å². The molecule has 0 saturated carbocycles. The monoisotopic (exact) mass is 269 g/mol. The number of nitrogens with one attached hydrogen (secondary N) is 1. The topological polar surface area (TPSA) is 98.3 Å². The van der Waals surface area contributed by atoms with Crippen molar-refractivity contribution >= 4 is 17.3 Å². The lowest BCUT2D eigenvalue weighted by Crippen LogP contribution is -2.35. The lowest BCUT2D eigenvalue weighted by Gasteiger charge is -2.11. The normalized spacial score (nSPS) is 11.9. The molecule has 0 aromatic heterocycles. The first kappa shape index (κ1) is 15.0. The number of halogens is 1. The fourth-order valence-corrected chi connectivity index (χ4v) is 1.55. The minimum absolute atomic E-state index is 0.179. The van der Waals surface area contributed by atoms with Gasteiger partial charge in [0.15, 0.2) is 0 Å². The first-order valence-electron chi connectivity index (χ1n) is 5.96. The van der Waals surface area contributed by atoms with Crippen LogP contribution < -0.4 is 11.1 Å². The lowest BCUT2D eigenvalue weighted by molar-refractivity contribution is -0.384. The molecule has 1 amide bonds. The molecule has 1 aromatic carbocycles. The van der Waals surface area contributed by atoms with Crippen LogP contribution in [-0.4, -0.2) is 16.9 Å². The fourth-order valence-electron chi connectivity index (χ4n) is 1.55. The van der Waals surface area contributed by atoms with Gasteiger partial charge in [0.2, 0.25) is 5.91 Å². The van der Waals surface area contributed by atoms with Gasteiger partial charge in [0.1, 0.15) is 11.5 Å². The van der Waals surface area contributed by atoms with Crippen LogP contribution in [0.1, 0.15) is 26.2 Å². The van der Waals surface area contributed by atoms with Gasteiger partial charge in [-0.15, -0.1) is 0 Å². The summed E-state index contributed by atoms with van der Waals surface area (Å²) in [6, 6.07) is 2.11. The van der Waals surface area contributed by atoms with Gasteiger partial charge in [-0.05, 0) is 12.5 Å². The number of carbonyl (C=O) groups excluding carboxylic acids is 1. The van der Waals surface area contributed by atoms with Crippen LogP contribution in [0.4, 0.5) is 15.8 Å². The number of amides is 1. The van der Waals surface area contributed by atoms with Crippen LogP contribution in [-0.2, 0) is 4.79 Å². The molecule has 1 rings (SSSR count). The van der Waals surface area contributed by atoms with Crippen LogP contribution in [0.3, 0.4) is 0 Å².